The largest absolute Gasteiger partial charge is 0.416 e. The summed E-state index contributed by atoms with van der Waals surface area (Å²) in [7, 11) is 0. The quantitative estimate of drug-likeness (QED) is 0.172. The van der Waals surface area contributed by atoms with E-state index in [4.69, 9.17) is 9.84 Å². The number of aliphatic imine (C=N–C) groups is 1. The van der Waals surface area contributed by atoms with E-state index in [2.05, 4.69) is 15.6 Å². The van der Waals surface area contributed by atoms with Gasteiger partial charge in [-0.25, -0.2) is 4.99 Å². The third-order valence-corrected chi connectivity index (χ3v) is 4.06. The Hall–Kier alpha value is -3.18. The second-order valence-corrected chi connectivity index (χ2v) is 6.40. The molecule has 0 aliphatic carbocycles. The molecule has 0 unspecified atom stereocenters. The molecule has 0 saturated heterocycles. The molecular formula is C20H23F3N4O4. The van der Waals surface area contributed by atoms with Crippen LogP contribution in [0.5, 0.6) is 0 Å². The molecule has 0 aromatic heterocycles. The number of ether oxygens (including phenoxy) is 1. The van der Waals surface area contributed by atoms with E-state index in [1.54, 1.807) is 18.2 Å². The lowest BCUT2D eigenvalue weighted by molar-refractivity contribution is -0.384. The lowest BCUT2D eigenvalue weighted by atomic mass is 10.1. The smallest absolute Gasteiger partial charge is 0.394 e. The summed E-state index contributed by atoms with van der Waals surface area (Å²) in [5.74, 6) is 0.336. The first kappa shape index (κ1) is 24.1. The minimum atomic E-state index is -4.43. The number of hydrogen-bond donors (Lipinski definition) is 3. The Labute approximate surface area is 176 Å². The Morgan fingerprint density at radius 1 is 1.10 bits per heavy atom. The van der Waals surface area contributed by atoms with Gasteiger partial charge in [-0.2, -0.15) is 13.2 Å². The third kappa shape index (κ3) is 8.60. The van der Waals surface area contributed by atoms with Gasteiger partial charge in [0.15, 0.2) is 5.96 Å². The highest BCUT2D eigenvalue weighted by Gasteiger charge is 2.30. The first-order chi connectivity index (χ1) is 14.8. The van der Waals surface area contributed by atoms with E-state index >= 15 is 0 Å². The summed E-state index contributed by atoms with van der Waals surface area (Å²) >= 11 is 0. The van der Waals surface area contributed by atoms with Gasteiger partial charge in [0, 0.05) is 25.2 Å². The predicted molar refractivity (Wildman–Crippen MR) is 108 cm³/mol. The number of nitro benzene ring substituents is 1. The molecule has 3 N–H and O–H groups in total. The normalized spacial score (nSPS) is 11.9. The van der Waals surface area contributed by atoms with Crippen LogP contribution in [-0.4, -0.2) is 42.4 Å². The highest BCUT2D eigenvalue weighted by molar-refractivity contribution is 5.79. The van der Waals surface area contributed by atoms with Crippen molar-refractivity contribution in [2.45, 2.75) is 19.3 Å². The number of alkyl halides is 3. The number of non-ortho nitro benzene ring substituents is 1. The van der Waals surface area contributed by atoms with E-state index in [-0.39, 0.29) is 25.4 Å². The lowest BCUT2D eigenvalue weighted by Crippen LogP contribution is -2.38. The van der Waals surface area contributed by atoms with E-state index in [0.29, 0.717) is 31.2 Å². The number of nitrogens with one attached hydrogen (secondary N) is 2. The first-order valence-electron chi connectivity index (χ1n) is 9.40. The third-order valence-electron chi connectivity index (χ3n) is 4.06. The number of aliphatic hydroxyl groups excluding tert-OH is 1. The Bertz CT molecular complexity index is 873. The molecule has 0 saturated carbocycles. The van der Waals surface area contributed by atoms with Crippen LogP contribution in [0.1, 0.15) is 16.7 Å². The first-order valence-corrected chi connectivity index (χ1v) is 9.40. The lowest BCUT2D eigenvalue weighted by Gasteiger charge is -2.13. The Kier molecular flexibility index (Phi) is 9.22. The molecular weight excluding hydrogens is 417 g/mol. The van der Waals surface area contributed by atoms with Gasteiger partial charge in [0.05, 0.1) is 36.9 Å². The highest BCUT2D eigenvalue weighted by Crippen LogP contribution is 2.29. The fraction of sp³-hybridized carbons (Fsp3) is 0.350. The van der Waals surface area contributed by atoms with Gasteiger partial charge in [-0.15, -0.1) is 0 Å². The maximum atomic E-state index is 12.9. The number of rotatable bonds is 10. The fourth-order valence-electron chi connectivity index (χ4n) is 2.52. The number of hydrogen-bond acceptors (Lipinski definition) is 5. The van der Waals surface area contributed by atoms with Crippen molar-refractivity contribution in [2.75, 3.05) is 26.4 Å². The van der Waals surface area contributed by atoms with Crippen LogP contribution in [-0.2, 0) is 24.0 Å². The summed E-state index contributed by atoms with van der Waals surface area (Å²) in [6.45, 7) is 1.04. The summed E-state index contributed by atoms with van der Waals surface area (Å²) in [6.07, 6.45) is -4.43. The predicted octanol–water partition coefficient (Wildman–Crippen LogP) is 2.86. The fourth-order valence-corrected chi connectivity index (χ4v) is 2.52. The summed E-state index contributed by atoms with van der Waals surface area (Å²) < 4.78 is 43.8. The van der Waals surface area contributed by atoms with E-state index in [1.807, 2.05) is 0 Å². The number of nitrogens with zero attached hydrogens (tertiary/aromatic N) is 2. The van der Waals surface area contributed by atoms with E-state index in [1.165, 1.54) is 18.2 Å². The van der Waals surface area contributed by atoms with E-state index in [9.17, 15) is 23.3 Å². The van der Waals surface area contributed by atoms with Crippen molar-refractivity contribution in [2.24, 2.45) is 4.99 Å². The van der Waals surface area contributed by atoms with Crippen molar-refractivity contribution in [1.29, 1.82) is 0 Å². The average Bonchev–Trinajstić information content (AvgIpc) is 2.74. The molecule has 0 spiro atoms. The number of halogens is 3. The summed E-state index contributed by atoms with van der Waals surface area (Å²) in [6, 6.07) is 10.9. The zero-order valence-electron chi connectivity index (χ0n) is 16.6. The van der Waals surface area contributed by atoms with Crippen molar-refractivity contribution in [3.05, 3.63) is 75.3 Å². The molecule has 0 radical (unpaired) electrons. The van der Waals surface area contributed by atoms with Crippen molar-refractivity contribution in [3.63, 3.8) is 0 Å². The molecule has 2 aromatic carbocycles. The van der Waals surface area contributed by atoms with Crippen LogP contribution in [0.3, 0.4) is 0 Å². The molecule has 2 rings (SSSR count). The summed E-state index contributed by atoms with van der Waals surface area (Å²) in [5, 5.41) is 25.5. The van der Waals surface area contributed by atoms with Crippen molar-refractivity contribution >= 4 is 11.6 Å². The highest BCUT2D eigenvalue weighted by atomic mass is 19.4. The molecule has 0 fully saturated rings. The second-order valence-electron chi connectivity index (χ2n) is 6.40. The van der Waals surface area contributed by atoms with Crippen molar-refractivity contribution < 1.29 is 27.9 Å². The minimum Gasteiger partial charge on any atom is -0.394 e. The molecule has 31 heavy (non-hydrogen) atoms. The van der Waals surface area contributed by atoms with Crippen LogP contribution in [0, 0.1) is 10.1 Å². The van der Waals surface area contributed by atoms with E-state index in [0.717, 1.165) is 17.7 Å². The van der Waals surface area contributed by atoms with Gasteiger partial charge in [0.25, 0.3) is 5.69 Å². The standard InChI is InChI=1S/C20H23F3N4O4/c21-20(22,23)17-3-1-2-16(12-17)14-26-19(24-8-10-31-11-9-28)25-13-15-4-6-18(7-5-15)27(29)30/h1-7,12,28H,8-11,13-14H2,(H2,24,25,26). The van der Waals surface area contributed by atoms with Gasteiger partial charge >= 0.3 is 6.18 Å². The number of aliphatic hydroxyl groups is 1. The van der Waals surface area contributed by atoms with Gasteiger partial charge in [0.1, 0.15) is 0 Å². The van der Waals surface area contributed by atoms with Crippen LogP contribution in [0.15, 0.2) is 53.5 Å². The molecule has 2 aromatic rings. The molecule has 0 amide bonds. The average molecular weight is 440 g/mol. The van der Waals surface area contributed by atoms with Gasteiger partial charge in [-0.1, -0.05) is 24.3 Å². The van der Waals surface area contributed by atoms with Crippen LogP contribution < -0.4 is 10.6 Å². The minimum absolute atomic E-state index is 0.0109. The SMILES string of the molecule is O=[N+]([O-])c1ccc(CNC(=NCc2cccc(C(F)(F)F)c2)NCCOCCO)cc1. The molecule has 0 heterocycles. The number of guanidine groups is 1. The molecule has 0 aliphatic rings. The van der Waals surface area contributed by atoms with Crippen LogP contribution in [0.4, 0.5) is 18.9 Å². The Morgan fingerprint density at radius 3 is 2.48 bits per heavy atom. The van der Waals surface area contributed by atoms with Gasteiger partial charge < -0.3 is 20.5 Å². The molecule has 0 atom stereocenters. The maximum absolute atomic E-state index is 12.9. The maximum Gasteiger partial charge on any atom is 0.416 e. The van der Waals surface area contributed by atoms with Crippen LogP contribution >= 0.6 is 0 Å². The monoisotopic (exact) mass is 440 g/mol. The molecule has 0 aliphatic heterocycles. The molecule has 8 nitrogen and oxygen atoms in total. The molecule has 11 heteroatoms. The van der Waals surface area contributed by atoms with Crippen LogP contribution in [0.2, 0.25) is 0 Å². The van der Waals surface area contributed by atoms with Crippen molar-refractivity contribution in [1.82, 2.24) is 10.6 Å². The zero-order chi connectivity index (χ0) is 22.7. The van der Waals surface area contributed by atoms with Crippen LogP contribution in [0.25, 0.3) is 0 Å². The topological polar surface area (TPSA) is 109 Å². The van der Waals surface area contributed by atoms with Gasteiger partial charge in [-0.05, 0) is 23.3 Å². The Morgan fingerprint density at radius 2 is 1.84 bits per heavy atom. The van der Waals surface area contributed by atoms with E-state index < -0.39 is 16.7 Å². The Balaban J connectivity index is 2.03. The summed E-state index contributed by atoms with van der Waals surface area (Å²) in [4.78, 5) is 14.6. The molecule has 168 valence electrons. The second kappa shape index (κ2) is 11.9. The summed E-state index contributed by atoms with van der Waals surface area (Å²) in [5.41, 5.74) is 0.380. The van der Waals surface area contributed by atoms with Crippen molar-refractivity contribution in [3.8, 4) is 0 Å². The number of benzene rings is 2. The van der Waals surface area contributed by atoms with Gasteiger partial charge in [-0.3, -0.25) is 10.1 Å². The van der Waals surface area contributed by atoms with Gasteiger partial charge in [0.2, 0.25) is 0 Å². The zero-order valence-corrected chi connectivity index (χ0v) is 16.6. The molecule has 0 bridgehead atoms. The number of nitro groups is 1.